The Hall–Kier alpha value is -0.970. The van der Waals surface area contributed by atoms with Gasteiger partial charge in [0.05, 0.1) is 16.8 Å². The lowest BCUT2D eigenvalue weighted by Gasteiger charge is -2.13. The number of aromatic nitrogens is 1. The van der Waals surface area contributed by atoms with E-state index >= 15 is 0 Å². The third kappa shape index (κ3) is 3.07. The van der Waals surface area contributed by atoms with Crippen LogP contribution in [0.2, 0.25) is 5.02 Å². The predicted octanol–water partition coefficient (Wildman–Crippen LogP) is 3.88. The van der Waals surface area contributed by atoms with Crippen LogP contribution in [-0.4, -0.2) is 4.98 Å². The smallest absolute Gasteiger partial charge is 0.123 e. The van der Waals surface area contributed by atoms with Gasteiger partial charge in [0, 0.05) is 10.7 Å². The van der Waals surface area contributed by atoms with Gasteiger partial charge in [-0.15, -0.1) is 0 Å². The Balaban J connectivity index is 2.24. The quantitative estimate of drug-likeness (QED) is 0.928. The predicted molar refractivity (Wildman–Crippen MR) is 74.0 cm³/mol. The van der Waals surface area contributed by atoms with Gasteiger partial charge in [0.1, 0.15) is 5.82 Å². The largest absolute Gasteiger partial charge is 0.322 e. The van der Waals surface area contributed by atoms with Crippen LogP contribution in [0.5, 0.6) is 0 Å². The molecule has 2 nitrogen and oxygen atoms in total. The normalized spacial score (nSPS) is 12.4. The molecular formula is C13H11BrClFN2. The van der Waals surface area contributed by atoms with Crippen molar-refractivity contribution in [3.8, 4) is 0 Å². The SMILES string of the molecule is NC(Cc1cc(F)ccc1Br)c1ncccc1Cl. The second-order valence-electron chi connectivity index (χ2n) is 3.92. The second-order valence-corrected chi connectivity index (χ2v) is 5.18. The molecule has 1 heterocycles. The van der Waals surface area contributed by atoms with E-state index in [-0.39, 0.29) is 11.9 Å². The van der Waals surface area contributed by atoms with Crippen molar-refractivity contribution in [1.82, 2.24) is 4.98 Å². The number of benzene rings is 1. The number of pyridine rings is 1. The van der Waals surface area contributed by atoms with Crippen molar-refractivity contribution in [2.75, 3.05) is 0 Å². The Morgan fingerprint density at radius 3 is 2.89 bits per heavy atom. The molecule has 2 rings (SSSR count). The van der Waals surface area contributed by atoms with Gasteiger partial charge in [-0.1, -0.05) is 27.5 Å². The highest BCUT2D eigenvalue weighted by atomic mass is 79.9. The fourth-order valence-corrected chi connectivity index (χ4v) is 2.37. The first-order valence-corrected chi connectivity index (χ1v) is 6.55. The molecule has 0 bridgehead atoms. The van der Waals surface area contributed by atoms with Gasteiger partial charge in [0.25, 0.3) is 0 Å². The van der Waals surface area contributed by atoms with Crippen LogP contribution in [0, 0.1) is 5.82 Å². The molecule has 94 valence electrons. The first-order valence-electron chi connectivity index (χ1n) is 5.38. The maximum Gasteiger partial charge on any atom is 0.123 e. The minimum Gasteiger partial charge on any atom is -0.322 e. The molecule has 18 heavy (non-hydrogen) atoms. The number of hydrogen-bond acceptors (Lipinski definition) is 2. The standard InChI is InChI=1S/C13H11BrClFN2/c14-10-4-3-9(16)6-8(10)7-12(17)13-11(15)2-1-5-18-13/h1-6,12H,7,17H2. The average Bonchev–Trinajstić information content (AvgIpc) is 2.34. The van der Waals surface area contributed by atoms with E-state index < -0.39 is 0 Å². The van der Waals surface area contributed by atoms with Crippen molar-refractivity contribution in [3.63, 3.8) is 0 Å². The lowest BCUT2D eigenvalue weighted by Crippen LogP contribution is -2.15. The molecule has 1 aromatic carbocycles. The van der Waals surface area contributed by atoms with E-state index in [0.29, 0.717) is 17.1 Å². The molecule has 0 amide bonds. The number of hydrogen-bond donors (Lipinski definition) is 1. The molecule has 0 fully saturated rings. The van der Waals surface area contributed by atoms with Gasteiger partial charge in [-0.05, 0) is 42.3 Å². The van der Waals surface area contributed by atoms with Gasteiger partial charge < -0.3 is 5.73 Å². The Bertz CT molecular complexity index is 562. The summed E-state index contributed by atoms with van der Waals surface area (Å²) in [6, 6.07) is 7.64. The highest BCUT2D eigenvalue weighted by Crippen LogP contribution is 2.25. The van der Waals surface area contributed by atoms with Crippen molar-refractivity contribution in [3.05, 3.63) is 63.1 Å². The zero-order valence-corrected chi connectivity index (χ0v) is 11.7. The molecule has 1 unspecified atom stereocenters. The summed E-state index contributed by atoms with van der Waals surface area (Å²) in [6.45, 7) is 0. The molecule has 2 aromatic rings. The zero-order chi connectivity index (χ0) is 13.1. The summed E-state index contributed by atoms with van der Waals surface area (Å²) in [5, 5.41) is 0.525. The Labute approximate surface area is 118 Å². The van der Waals surface area contributed by atoms with Crippen LogP contribution in [0.1, 0.15) is 17.3 Å². The minimum absolute atomic E-state index is 0.285. The van der Waals surface area contributed by atoms with Crippen LogP contribution in [0.15, 0.2) is 41.0 Å². The highest BCUT2D eigenvalue weighted by molar-refractivity contribution is 9.10. The highest BCUT2D eigenvalue weighted by Gasteiger charge is 2.14. The molecule has 0 saturated heterocycles. The van der Waals surface area contributed by atoms with E-state index in [4.69, 9.17) is 17.3 Å². The molecule has 0 spiro atoms. The van der Waals surface area contributed by atoms with Crippen molar-refractivity contribution in [1.29, 1.82) is 0 Å². The van der Waals surface area contributed by atoms with E-state index in [0.717, 1.165) is 10.0 Å². The average molecular weight is 330 g/mol. The third-order valence-electron chi connectivity index (χ3n) is 2.59. The fraction of sp³-hybridized carbons (Fsp3) is 0.154. The Morgan fingerprint density at radius 1 is 1.39 bits per heavy atom. The lowest BCUT2D eigenvalue weighted by atomic mass is 10.0. The summed E-state index contributed by atoms with van der Waals surface area (Å²) >= 11 is 9.40. The first-order chi connectivity index (χ1) is 8.58. The maximum absolute atomic E-state index is 13.2. The van der Waals surface area contributed by atoms with Crippen molar-refractivity contribution >= 4 is 27.5 Å². The van der Waals surface area contributed by atoms with Crippen LogP contribution >= 0.6 is 27.5 Å². The fourth-order valence-electron chi connectivity index (χ4n) is 1.70. The molecule has 0 aliphatic carbocycles. The monoisotopic (exact) mass is 328 g/mol. The summed E-state index contributed by atoms with van der Waals surface area (Å²) < 4.78 is 14.0. The summed E-state index contributed by atoms with van der Waals surface area (Å²) in [6.07, 6.45) is 2.11. The Morgan fingerprint density at radius 2 is 2.17 bits per heavy atom. The van der Waals surface area contributed by atoms with Gasteiger partial charge in [0.15, 0.2) is 0 Å². The molecule has 0 radical (unpaired) electrons. The van der Waals surface area contributed by atoms with Gasteiger partial charge >= 0.3 is 0 Å². The van der Waals surface area contributed by atoms with Gasteiger partial charge in [-0.25, -0.2) is 4.39 Å². The second kappa shape index (κ2) is 5.78. The van der Waals surface area contributed by atoms with Crippen LogP contribution in [-0.2, 0) is 6.42 Å². The van der Waals surface area contributed by atoms with E-state index in [1.807, 2.05) is 0 Å². The third-order valence-corrected chi connectivity index (χ3v) is 3.68. The molecule has 0 saturated carbocycles. The van der Waals surface area contributed by atoms with Crippen LogP contribution in [0.25, 0.3) is 0 Å². The molecule has 5 heteroatoms. The zero-order valence-electron chi connectivity index (χ0n) is 9.41. The van der Waals surface area contributed by atoms with E-state index in [9.17, 15) is 4.39 Å². The first kappa shape index (κ1) is 13.5. The van der Waals surface area contributed by atoms with Crippen LogP contribution < -0.4 is 5.73 Å². The maximum atomic E-state index is 13.2. The topological polar surface area (TPSA) is 38.9 Å². The van der Waals surface area contributed by atoms with Crippen LogP contribution in [0.4, 0.5) is 4.39 Å². The molecular weight excluding hydrogens is 319 g/mol. The molecule has 1 aromatic heterocycles. The summed E-state index contributed by atoms with van der Waals surface area (Å²) in [4.78, 5) is 4.16. The molecule has 0 aliphatic heterocycles. The van der Waals surface area contributed by atoms with E-state index in [2.05, 4.69) is 20.9 Å². The van der Waals surface area contributed by atoms with Crippen LogP contribution in [0.3, 0.4) is 0 Å². The van der Waals surface area contributed by atoms with Crippen molar-refractivity contribution < 1.29 is 4.39 Å². The Kier molecular flexibility index (Phi) is 4.32. The molecule has 0 aliphatic rings. The minimum atomic E-state index is -0.364. The van der Waals surface area contributed by atoms with Gasteiger partial charge in [-0.2, -0.15) is 0 Å². The molecule has 1 atom stereocenters. The van der Waals surface area contributed by atoms with Crippen molar-refractivity contribution in [2.24, 2.45) is 5.73 Å². The van der Waals surface area contributed by atoms with E-state index in [1.165, 1.54) is 12.1 Å². The summed E-state index contributed by atoms with van der Waals surface area (Å²) in [7, 11) is 0. The van der Waals surface area contributed by atoms with E-state index in [1.54, 1.807) is 24.4 Å². The number of nitrogens with zero attached hydrogens (tertiary/aromatic N) is 1. The lowest BCUT2D eigenvalue weighted by molar-refractivity contribution is 0.620. The van der Waals surface area contributed by atoms with Crippen molar-refractivity contribution in [2.45, 2.75) is 12.5 Å². The summed E-state index contributed by atoms with van der Waals surface area (Å²) in [5.74, 6) is -0.285. The molecule has 2 N–H and O–H groups in total. The number of nitrogens with two attached hydrogens (primary N) is 1. The summed E-state index contributed by atoms with van der Waals surface area (Å²) in [5.41, 5.74) is 7.47. The van der Waals surface area contributed by atoms with Gasteiger partial charge in [-0.3, -0.25) is 4.98 Å². The number of halogens is 3. The number of rotatable bonds is 3. The van der Waals surface area contributed by atoms with Gasteiger partial charge in [0.2, 0.25) is 0 Å².